The first-order chi connectivity index (χ1) is 22.1. The maximum atomic E-state index is 13.8. The number of hydrogen-bond donors (Lipinski definition) is 1. The second-order valence-electron chi connectivity index (χ2n) is 8.80. The van der Waals surface area contributed by atoms with Crippen LogP contribution in [0.1, 0.15) is 67.9 Å². The van der Waals surface area contributed by atoms with Gasteiger partial charge in [0.15, 0.2) is 0 Å². The fourth-order valence-electron chi connectivity index (χ4n) is 4.58. The molecule has 9 nitrogen and oxygen atoms in total. The molecule has 4 heterocycles. The average Bonchev–Trinajstić information content (AvgIpc) is 3.20. The van der Waals surface area contributed by atoms with Crippen LogP contribution in [0.3, 0.4) is 0 Å². The van der Waals surface area contributed by atoms with Gasteiger partial charge in [-0.1, -0.05) is 12.6 Å². The molecule has 2 aliphatic heterocycles. The van der Waals surface area contributed by atoms with E-state index in [1.165, 1.54) is 10.6 Å². The average molecular weight is 514 g/mol. The number of benzene rings is 1. The number of likely N-dealkylation sites (tertiary alicyclic amines) is 1. The molecule has 0 bridgehead atoms. The van der Waals surface area contributed by atoms with Gasteiger partial charge in [0.2, 0.25) is 11.9 Å². The lowest BCUT2D eigenvalue weighted by atomic mass is 10.1. The summed E-state index contributed by atoms with van der Waals surface area (Å²) in [4.78, 5) is 36.1. The van der Waals surface area contributed by atoms with E-state index in [1.807, 2.05) is 0 Å². The first kappa shape index (κ1) is 15.5. The Kier molecular flexibility index (Phi) is 4.66. The lowest BCUT2D eigenvalue weighted by Gasteiger charge is -2.27. The number of ether oxygens (including phenoxy) is 2. The van der Waals surface area contributed by atoms with Crippen LogP contribution in [0.2, 0.25) is 0 Å². The largest absolute Gasteiger partial charge is 0.488 e. The van der Waals surface area contributed by atoms with E-state index in [0.29, 0.717) is 32.2 Å². The standard InChI is InChI=1S/C28H33N5O4/c1-3-25(34)32-14-5-4-7-21(18-32)33-26-23(8-6-9-24(26)37-22-11-15-36-16-12-22)30-28(33)31-27(35)20-10-13-29-19(2)17-20/h3,6,8-10,13,17,21-22H,1,4-5,7,11-12,14-16,18H2,2H3,(H,30,31,35)/t21-/m1/s1/i2D3,6D,8D,9D,10D,13D,15D,17D/t15?,21-,22?. The minimum Gasteiger partial charge on any atom is -0.488 e. The normalized spacial score (nSPS) is 26.5. The van der Waals surface area contributed by atoms with Gasteiger partial charge < -0.3 is 18.9 Å². The van der Waals surface area contributed by atoms with E-state index in [4.69, 9.17) is 23.2 Å². The van der Waals surface area contributed by atoms with Crippen molar-refractivity contribution in [1.29, 1.82) is 0 Å². The summed E-state index contributed by atoms with van der Waals surface area (Å²) in [5.74, 6) is -1.81. The summed E-state index contributed by atoms with van der Waals surface area (Å²) in [6.07, 6.45) is 2.07. The summed E-state index contributed by atoms with van der Waals surface area (Å²) in [7, 11) is 0. The molecule has 2 saturated heterocycles. The first-order valence-corrected chi connectivity index (χ1v) is 12.1. The van der Waals surface area contributed by atoms with Crippen molar-refractivity contribution in [1.82, 2.24) is 19.4 Å². The number of carbonyl (C=O) groups excluding carboxylic acids is 2. The molecule has 2 fully saturated rings. The molecule has 0 spiro atoms. The maximum absolute atomic E-state index is 13.8. The fourth-order valence-corrected chi connectivity index (χ4v) is 4.58. The van der Waals surface area contributed by atoms with Crippen LogP contribution >= 0.6 is 0 Å². The Morgan fingerprint density at radius 1 is 1.32 bits per heavy atom. The lowest BCUT2D eigenvalue weighted by Crippen LogP contribution is -2.34. The van der Waals surface area contributed by atoms with E-state index in [2.05, 4.69) is 21.9 Å². The summed E-state index contributed by atoms with van der Waals surface area (Å²) in [6.45, 7) is 0.517. The highest BCUT2D eigenvalue weighted by Gasteiger charge is 2.28. The Hall–Kier alpha value is -3.72. The molecule has 5 rings (SSSR count). The van der Waals surface area contributed by atoms with Crippen molar-refractivity contribution in [2.24, 2.45) is 0 Å². The zero-order valence-electron chi connectivity index (χ0n) is 30.1. The number of hydrogen-bond acceptors (Lipinski definition) is 6. The van der Waals surface area contributed by atoms with Crippen molar-refractivity contribution in [3.8, 4) is 5.75 Å². The second kappa shape index (κ2) is 11.1. The predicted molar refractivity (Wildman–Crippen MR) is 141 cm³/mol. The molecular formula is C28H33N5O4. The number of amides is 2. The van der Waals surface area contributed by atoms with Crippen molar-refractivity contribution in [3.63, 3.8) is 0 Å². The molecule has 37 heavy (non-hydrogen) atoms. The van der Waals surface area contributed by atoms with Crippen LogP contribution in [-0.2, 0) is 9.53 Å². The van der Waals surface area contributed by atoms with Crippen LogP contribution < -0.4 is 10.1 Å². The summed E-state index contributed by atoms with van der Waals surface area (Å²) in [5, 5.41) is 2.53. The third-order valence-corrected chi connectivity index (χ3v) is 6.34. The number of fused-ring (bicyclic) bond motifs is 1. The highest BCUT2D eigenvalue weighted by atomic mass is 16.5. The van der Waals surface area contributed by atoms with Crippen LogP contribution in [0.5, 0.6) is 5.75 Å². The minimum absolute atomic E-state index is 0.0912. The number of pyridine rings is 1. The Morgan fingerprint density at radius 3 is 3.08 bits per heavy atom. The topological polar surface area (TPSA) is 98.6 Å². The number of imidazole rings is 1. The van der Waals surface area contributed by atoms with Gasteiger partial charge in [0.25, 0.3) is 5.91 Å². The Bertz CT molecular complexity index is 1750. The molecule has 0 radical (unpaired) electrons. The number of para-hydroxylation sites is 1. The van der Waals surface area contributed by atoms with Crippen LogP contribution in [0.15, 0.2) is 49.0 Å². The van der Waals surface area contributed by atoms with Gasteiger partial charge in [-0.3, -0.25) is 19.9 Å². The number of carbonyl (C=O) groups is 2. The van der Waals surface area contributed by atoms with Gasteiger partial charge in [0.1, 0.15) is 17.4 Å². The Balaban J connectivity index is 1.72. The highest BCUT2D eigenvalue weighted by molar-refractivity contribution is 6.04. The molecule has 9 heteroatoms. The van der Waals surface area contributed by atoms with Gasteiger partial charge in [-0.25, -0.2) is 4.98 Å². The number of aryl methyl sites for hydroxylation is 1. The van der Waals surface area contributed by atoms with Crippen molar-refractivity contribution in [3.05, 3.63) is 60.3 Å². The zero-order chi connectivity index (χ0) is 34.4. The van der Waals surface area contributed by atoms with Gasteiger partial charge in [-0.05, 0) is 56.4 Å². The van der Waals surface area contributed by atoms with Gasteiger partial charge in [-0.2, -0.15) is 0 Å². The van der Waals surface area contributed by atoms with Crippen LogP contribution in [0.4, 0.5) is 5.95 Å². The summed E-state index contributed by atoms with van der Waals surface area (Å²) < 4.78 is 94.9. The third-order valence-electron chi connectivity index (χ3n) is 6.34. The van der Waals surface area contributed by atoms with Gasteiger partial charge in [0.05, 0.1) is 34.3 Å². The summed E-state index contributed by atoms with van der Waals surface area (Å²) in [6, 6.07) is -3.61. The quantitative estimate of drug-likeness (QED) is 0.494. The fraction of sp³-hybridized carbons (Fsp3) is 0.429. The molecule has 2 aromatic heterocycles. The maximum Gasteiger partial charge on any atom is 0.258 e. The molecule has 2 amide bonds. The second-order valence-corrected chi connectivity index (χ2v) is 8.80. The molecule has 3 atom stereocenters. The molecule has 0 saturated carbocycles. The summed E-state index contributed by atoms with van der Waals surface area (Å²) in [5.41, 5.74) is -1.57. The highest BCUT2D eigenvalue weighted by Crippen LogP contribution is 2.36. The SMILES string of the molecule is [2H]c1nc(C([2H])([2H])[2H])c([2H])c(C(=O)Nc2nc3c([2H])c([2H])c([2H])c(OC4CCOC([2H])C4)c3n2[C@@H]2CCCCN(C(=O)C=C)C2)c1[2H]. The first-order valence-electron chi connectivity index (χ1n) is 17.1. The zero-order valence-corrected chi connectivity index (χ0v) is 20.1. The van der Waals surface area contributed by atoms with E-state index in [0.717, 1.165) is 0 Å². The molecule has 0 aliphatic carbocycles. The molecule has 2 aliphatic rings. The number of rotatable bonds is 6. The van der Waals surface area contributed by atoms with Gasteiger partial charge in [0, 0.05) is 47.5 Å². The monoisotopic (exact) mass is 513 g/mol. The number of aromatic nitrogens is 3. The van der Waals surface area contributed by atoms with Crippen molar-refractivity contribution in [2.75, 3.05) is 31.6 Å². The van der Waals surface area contributed by atoms with E-state index in [9.17, 15) is 9.59 Å². The number of nitrogens with one attached hydrogen (secondary N) is 1. The van der Waals surface area contributed by atoms with E-state index < -0.39 is 79.1 Å². The lowest BCUT2D eigenvalue weighted by molar-refractivity contribution is -0.126. The molecular weight excluding hydrogens is 470 g/mol. The van der Waals surface area contributed by atoms with Crippen LogP contribution in [0.25, 0.3) is 11.0 Å². The minimum atomic E-state index is -2.95. The van der Waals surface area contributed by atoms with Gasteiger partial charge >= 0.3 is 0 Å². The number of nitrogens with zero attached hydrogens (tertiary/aromatic N) is 4. The molecule has 3 aromatic rings. The van der Waals surface area contributed by atoms with Crippen LogP contribution in [0, 0.1) is 6.85 Å². The van der Waals surface area contributed by atoms with E-state index in [1.54, 1.807) is 4.90 Å². The summed E-state index contributed by atoms with van der Waals surface area (Å²) >= 11 is 0. The third kappa shape index (κ3) is 5.51. The van der Waals surface area contributed by atoms with Crippen molar-refractivity contribution >= 4 is 28.8 Å². The van der Waals surface area contributed by atoms with Crippen molar-refractivity contribution < 1.29 is 32.8 Å². The van der Waals surface area contributed by atoms with Crippen LogP contribution in [-0.4, -0.2) is 63.6 Å². The number of anilines is 1. The smallest absolute Gasteiger partial charge is 0.258 e. The molecule has 1 N–H and O–H groups in total. The molecule has 194 valence electrons. The van der Waals surface area contributed by atoms with E-state index >= 15 is 0 Å². The van der Waals surface area contributed by atoms with Crippen molar-refractivity contribution in [2.45, 2.75) is 51.1 Å². The Labute approximate surface area is 230 Å². The van der Waals surface area contributed by atoms with Gasteiger partial charge in [-0.15, -0.1) is 0 Å². The molecule has 2 unspecified atom stereocenters. The van der Waals surface area contributed by atoms with E-state index in [-0.39, 0.29) is 48.2 Å². The predicted octanol–water partition coefficient (Wildman–Crippen LogP) is 4.29. The Morgan fingerprint density at radius 2 is 2.24 bits per heavy atom. The molecule has 1 aromatic carbocycles.